The van der Waals surface area contributed by atoms with Gasteiger partial charge < -0.3 is 10.2 Å². The van der Waals surface area contributed by atoms with Crippen LogP contribution in [0.25, 0.3) is 0 Å². The van der Waals surface area contributed by atoms with Crippen LogP contribution in [-0.2, 0) is 6.54 Å². The second-order valence-electron chi connectivity index (χ2n) is 5.39. The molecule has 0 bridgehead atoms. The molecule has 2 rings (SSSR count). The van der Waals surface area contributed by atoms with Gasteiger partial charge in [0.05, 0.1) is 0 Å². The number of hydrogen-bond acceptors (Lipinski definition) is 4. The first-order chi connectivity index (χ1) is 8.75. The number of likely N-dealkylation sites (N-methyl/N-ethyl adjacent to an activating group) is 1. The van der Waals surface area contributed by atoms with Gasteiger partial charge in [0.2, 0.25) is 0 Å². The van der Waals surface area contributed by atoms with Crippen molar-refractivity contribution in [1.29, 1.82) is 0 Å². The van der Waals surface area contributed by atoms with Crippen LogP contribution < -0.4 is 5.32 Å². The third-order valence-corrected chi connectivity index (χ3v) is 4.07. The van der Waals surface area contributed by atoms with E-state index in [1.54, 1.807) is 11.3 Å². The predicted octanol–water partition coefficient (Wildman–Crippen LogP) is 1.86. The molecule has 102 valence electrons. The van der Waals surface area contributed by atoms with E-state index in [4.69, 9.17) is 0 Å². The van der Waals surface area contributed by atoms with Crippen LogP contribution in [0.3, 0.4) is 0 Å². The van der Waals surface area contributed by atoms with Crippen molar-refractivity contribution >= 4 is 11.3 Å². The van der Waals surface area contributed by atoms with E-state index in [0.717, 1.165) is 32.2 Å². The van der Waals surface area contributed by atoms with Gasteiger partial charge in [0.15, 0.2) is 0 Å². The Labute approximate surface area is 115 Å². The van der Waals surface area contributed by atoms with E-state index in [2.05, 4.69) is 46.0 Å². The lowest BCUT2D eigenvalue weighted by atomic mass is 10.3. The molecule has 0 amide bonds. The summed E-state index contributed by atoms with van der Waals surface area (Å²) in [5, 5.41) is 7.98. The van der Waals surface area contributed by atoms with E-state index >= 15 is 0 Å². The van der Waals surface area contributed by atoms with Crippen LogP contribution in [0, 0.1) is 0 Å². The smallest absolute Gasteiger partial charge is 0.0245 e. The zero-order valence-corrected chi connectivity index (χ0v) is 12.4. The first kappa shape index (κ1) is 14.0. The predicted molar refractivity (Wildman–Crippen MR) is 79.2 cm³/mol. The third-order valence-electron chi connectivity index (χ3n) is 3.34. The lowest BCUT2D eigenvalue weighted by Gasteiger charge is -2.22. The van der Waals surface area contributed by atoms with Gasteiger partial charge in [-0.05, 0) is 49.3 Å². The van der Waals surface area contributed by atoms with Crippen molar-refractivity contribution < 1.29 is 0 Å². The molecule has 4 heteroatoms. The molecule has 0 atom stereocenters. The molecule has 1 aliphatic rings. The SMILES string of the molecule is CN(C)CCNCCN(Cc1ccsc1)C1CC1. The zero-order valence-electron chi connectivity index (χ0n) is 11.6. The van der Waals surface area contributed by atoms with E-state index in [1.807, 2.05) is 0 Å². The summed E-state index contributed by atoms with van der Waals surface area (Å²) >= 11 is 1.80. The minimum absolute atomic E-state index is 0.848. The van der Waals surface area contributed by atoms with Gasteiger partial charge >= 0.3 is 0 Å². The van der Waals surface area contributed by atoms with Crippen LogP contribution in [0.15, 0.2) is 16.8 Å². The van der Waals surface area contributed by atoms with Crippen molar-refractivity contribution in [1.82, 2.24) is 15.1 Å². The Balaban J connectivity index is 1.64. The molecule has 0 spiro atoms. The highest BCUT2D eigenvalue weighted by Crippen LogP contribution is 2.28. The van der Waals surface area contributed by atoms with Crippen LogP contribution in [0.5, 0.6) is 0 Å². The Morgan fingerprint density at radius 3 is 2.67 bits per heavy atom. The maximum absolute atomic E-state index is 3.53. The molecule has 1 aliphatic carbocycles. The summed E-state index contributed by atoms with van der Waals surface area (Å²) in [6, 6.07) is 3.10. The fourth-order valence-electron chi connectivity index (χ4n) is 2.10. The summed E-state index contributed by atoms with van der Waals surface area (Å²) in [5.74, 6) is 0. The molecule has 0 radical (unpaired) electrons. The molecule has 1 aromatic heterocycles. The van der Waals surface area contributed by atoms with E-state index in [1.165, 1.54) is 24.9 Å². The maximum Gasteiger partial charge on any atom is 0.0245 e. The monoisotopic (exact) mass is 267 g/mol. The topological polar surface area (TPSA) is 18.5 Å². The van der Waals surface area contributed by atoms with Crippen LogP contribution in [0.2, 0.25) is 0 Å². The summed E-state index contributed by atoms with van der Waals surface area (Å²) < 4.78 is 0. The van der Waals surface area contributed by atoms with Crippen LogP contribution in [-0.4, -0.2) is 56.1 Å². The average Bonchev–Trinajstić information content (AvgIpc) is 3.05. The molecule has 0 aromatic carbocycles. The third kappa shape index (κ3) is 5.06. The highest BCUT2D eigenvalue weighted by Gasteiger charge is 2.28. The molecule has 1 aromatic rings. The minimum Gasteiger partial charge on any atom is -0.314 e. The molecule has 1 N–H and O–H groups in total. The second-order valence-corrected chi connectivity index (χ2v) is 6.17. The van der Waals surface area contributed by atoms with Gasteiger partial charge in [-0.2, -0.15) is 11.3 Å². The Morgan fingerprint density at radius 1 is 1.28 bits per heavy atom. The number of hydrogen-bond donors (Lipinski definition) is 1. The molecule has 1 saturated carbocycles. The van der Waals surface area contributed by atoms with E-state index < -0.39 is 0 Å². The van der Waals surface area contributed by atoms with Crippen molar-refractivity contribution in [3.8, 4) is 0 Å². The summed E-state index contributed by atoms with van der Waals surface area (Å²) in [6.45, 7) is 5.61. The molecule has 0 aliphatic heterocycles. The Bertz CT molecular complexity index is 320. The number of rotatable bonds is 9. The largest absolute Gasteiger partial charge is 0.314 e. The summed E-state index contributed by atoms with van der Waals surface area (Å²) in [5.41, 5.74) is 1.47. The highest BCUT2D eigenvalue weighted by molar-refractivity contribution is 7.07. The molecule has 1 heterocycles. The molecule has 18 heavy (non-hydrogen) atoms. The first-order valence-electron chi connectivity index (χ1n) is 6.86. The van der Waals surface area contributed by atoms with Crippen molar-refractivity contribution in [3.05, 3.63) is 22.4 Å². The van der Waals surface area contributed by atoms with Gasteiger partial charge in [-0.25, -0.2) is 0 Å². The summed E-state index contributed by atoms with van der Waals surface area (Å²) in [4.78, 5) is 4.85. The van der Waals surface area contributed by atoms with Gasteiger partial charge in [-0.15, -0.1) is 0 Å². The standard InChI is InChI=1S/C14H25N3S/c1-16(2)8-6-15-7-9-17(14-3-4-14)11-13-5-10-18-12-13/h5,10,12,14-15H,3-4,6-9,11H2,1-2H3. The average molecular weight is 267 g/mol. The molecular weight excluding hydrogens is 242 g/mol. The van der Waals surface area contributed by atoms with Crippen molar-refractivity contribution in [3.63, 3.8) is 0 Å². The second kappa shape index (κ2) is 7.24. The summed E-state index contributed by atoms with van der Waals surface area (Å²) in [7, 11) is 4.24. The Kier molecular flexibility index (Phi) is 5.63. The lowest BCUT2D eigenvalue weighted by molar-refractivity contribution is 0.253. The quantitative estimate of drug-likeness (QED) is 0.689. The van der Waals surface area contributed by atoms with Crippen molar-refractivity contribution in [2.45, 2.75) is 25.4 Å². The fourth-order valence-corrected chi connectivity index (χ4v) is 2.76. The van der Waals surface area contributed by atoms with Gasteiger partial charge in [-0.3, -0.25) is 4.90 Å². The number of thiophene rings is 1. The van der Waals surface area contributed by atoms with Crippen LogP contribution in [0.1, 0.15) is 18.4 Å². The molecular formula is C14H25N3S. The van der Waals surface area contributed by atoms with E-state index in [0.29, 0.717) is 0 Å². The Hall–Kier alpha value is -0.420. The number of nitrogens with zero attached hydrogens (tertiary/aromatic N) is 2. The maximum atomic E-state index is 3.53. The Morgan fingerprint density at radius 2 is 2.06 bits per heavy atom. The van der Waals surface area contributed by atoms with Gasteiger partial charge in [0.25, 0.3) is 0 Å². The van der Waals surface area contributed by atoms with Gasteiger partial charge in [0, 0.05) is 38.8 Å². The van der Waals surface area contributed by atoms with Gasteiger partial charge in [0.1, 0.15) is 0 Å². The van der Waals surface area contributed by atoms with Crippen molar-refractivity contribution in [2.75, 3.05) is 40.3 Å². The molecule has 1 fully saturated rings. The van der Waals surface area contributed by atoms with Crippen LogP contribution in [0.4, 0.5) is 0 Å². The molecule has 0 unspecified atom stereocenters. The van der Waals surface area contributed by atoms with Crippen molar-refractivity contribution in [2.24, 2.45) is 0 Å². The lowest BCUT2D eigenvalue weighted by Crippen LogP contribution is -2.35. The molecule has 0 saturated heterocycles. The van der Waals surface area contributed by atoms with Crippen LogP contribution >= 0.6 is 11.3 Å². The zero-order chi connectivity index (χ0) is 12.8. The van der Waals surface area contributed by atoms with Gasteiger partial charge in [-0.1, -0.05) is 0 Å². The fraction of sp³-hybridized carbons (Fsp3) is 0.714. The molecule has 3 nitrogen and oxygen atoms in total. The number of nitrogens with one attached hydrogen (secondary N) is 1. The van der Waals surface area contributed by atoms with E-state index in [9.17, 15) is 0 Å². The highest BCUT2D eigenvalue weighted by atomic mass is 32.1. The van der Waals surface area contributed by atoms with E-state index in [-0.39, 0.29) is 0 Å². The normalized spacial score (nSPS) is 15.8. The minimum atomic E-state index is 0.848. The first-order valence-corrected chi connectivity index (χ1v) is 7.80. The summed E-state index contributed by atoms with van der Waals surface area (Å²) in [6.07, 6.45) is 2.78.